The van der Waals surface area contributed by atoms with Crippen LogP contribution in [0.1, 0.15) is 33.5 Å². The first kappa shape index (κ1) is 14.7. The van der Waals surface area contributed by atoms with Gasteiger partial charge in [-0.1, -0.05) is 6.92 Å². The Balaban J connectivity index is 2.64. The Hall–Kier alpha value is -1.36. The second-order valence-corrected chi connectivity index (χ2v) is 5.50. The summed E-state index contributed by atoms with van der Waals surface area (Å²) in [4.78, 5) is 20.6. The Bertz CT molecular complexity index is 433. The van der Waals surface area contributed by atoms with Gasteiger partial charge >= 0.3 is 0 Å². The fourth-order valence-electron chi connectivity index (χ4n) is 1.57. The van der Waals surface area contributed by atoms with E-state index in [0.29, 0.717) is 0 Å². The van der Waals surface area contributed by atoms with Crippen LogP contribution in [0.3, 0.4) is 0 Å². The minimum Gasteiger partial charge on any atom is -0.358 e. The maximum Gasteiger partial charge on any atom is 0.252 e. The number of nitrogens with one attached hydrogen (secondary N) is 2. The van der Waals surface area contributed by atoms with Gasteiger partial charge in [-0.05, 0) is 20.8 Å². The van der Waals surface area contributed by atoms with Crippen LogP contribution in [0.4, 0.5) is 5.82 Å². The Morgan fingerprint density at radius 3 is 2.67 bits per heavy atom. The molecule has 0 unspecified atom stereocenters. The zero-order valence-corrected chi connectivity index (χ0v) is 12.0. The average molecular weight is 252 g/mol. The van der Waals surface area contributed by atoms with Crippen LogP contribution < -0.4 is 15.8 Å². The quantitative estimate of drug-likeness (QED) is 0.825. The first-order chi connectivity index (χ1) is 8.31. The molecule has 102 valence electrons. The van der Waals surface area contributed by atoms with Crippen LogP contribution in [0, 0.1) is 0 Å². The van der Waals surface area contributed by atoms with Gasteiger partial charge in [-0.25, -0.2) is 4.98 Å². The lowest BCUT2D eigenvalue weighted by Gasteiger charge is -2.24. The summed E-state index contributed by atoms with van der Waals surface area (Å²) in [5.41, 5.74) is 0.0178. The first-order valence-corrected chi connectivity index (χ1v) is 6.38. The molecule has 0 fully saturated rings. The first-order valence-electron chi connectivity index (χ1n) is 6.38. The number of H-pyrrole nitrogens is 1. The Morgan fingerprint density at radius 1 is 1.44 bits per heavy atom. The van der Waals surface area contributed by atoms with Crippen molar-refractivity contribution in [3.05, 3.63) is 22.2 Å². The molecule has 0 bridgehead atoms. The van der Waals surface area contributed by atoms with Crippen LogP contribution in [0.2, 0.25) is 0 Å². The molecule has 0 aliphatic carbocycles. The summed E-state index contributed by atoms with van der Waals surface area (Å²) < 4.78 is 0. The Kier molecular flexibility index (Phi) is 4.90. The molecular weight excluding hydrogens is 228 g/mol. The zero-order valence-electron chi connectivity index (χ0n) is 12.0. The van der Waals surface area contributed by atoms with E-state index in [1.54, 1.807) is 0 Å². The van der Waals surface area contributed by atoms with Gasteiger partial charge in [0.25, 0.3) is 5.56 Å². The Labute approximate surface area is 109 Å². The molecule has 1 aromatic rings. The Morgan fingerprint density at radius 2 is 2.11 bits per heavy atom. The molecule has 2 N–H and O–H groups in total. The third-order valence-electron chi connectivity index (χ3n) is 2.61. The SMILES string of the molecule is CCc1nc(N(C)CCNC(C)(C)C)cc(=O)[nH]1. The van der Waals surface area contributed by atoms with Gasteiger partial charge in [-0.3, -0.25) is 4.79 Å². The topological polar surface area (TPSA) is 61.0 Å². The van der Waals surface area contributed by atoms with E-state index < -0.39 is 0 Å². The molecule has 0 aliphatic rings. The third kappa shape index (κ3) is 4.87. The van der Waals surface area contributed by atoms with Gasteiger partial charge in [0.2, 0.25) is 0 Å². The van der Waals surface area contributed by atoms with Crippen molar-refractivity contribution in [2.75, 3.05) is 25.0 Å². The molecule has 0 aliphatic heterocycles. The van der Waals surface area contributed by atoms with Gasteiger partial charge in [-0.15, -0.1) is 0 Å². The number of anilines is 1. The van der Waals surface area contributed by atoms with Crippen molar-refractivity contribution in [2.24, 2.45) is 0 Å². The minimum atomic E-state index is -0.0903. The summed E-state index contributed by atoms with van der Waals surface area (Å²) in [5, 5.41) is 3.41. The van der Waals surface area contributed by atoms with Crippen LogP contribution >= 0.6 is 0 Å². The number of nitrogens with zero attached hydrogens (tertiary/aromatic N) is 2. The largest absolute Gasteiger partial charge is 0.358 e. The van der Waals surface area contributed by atoms with Crippen molar-refractivity contribution in [3.8, 4) is 0 Å². The summed E-state index contributed by atoms with van der Waals surface area (Å²) in [6.45, 7) is 10.0. The van der Waals surface area contributed by atoms with Gasteiger partial charge in [0.05, 0.1) is 0 Å². The molecule has 1 rings (SSSR count). The molecule has 1 aromatic heterocycles. The number of aromatic nitrogens is 2. The highest BCUT2D eigenvalue weighted by Gasteiger charge is 2.10. The molecule has 0 spiro atoms. The van der Waals surface area contributed by atoms with Gasteiger partial charge in [0.15, 0.2) is 0 Å². The lowest BCUT2D eigenvalue weighted by Crippen LogP contribution is -2.41. The van der Waals surface area contributed by atoms with E-state index in [1.807, 2.05) is 18.9 Å². The van der Waals surface area contributed by atoms with E-state index in [0.717, 1.165) is 31.2 Å². The van der Waals surface area contributed by atoms with E-state index in [4.69, 9.17) is 0 Å². The standard InChI is InChI=1S/C13H24N4O/c1-6-10-15-11(9-12(18)16-10)17(5)8-7-14-13(2,3)4/h9,14H,6-8H2,1-5H3,(H,15,16,18). The second-order valence-electron chi connectivity index (χ2n) is 5.50. The zero-order chi connectivity index (χ0) is 13.8. The normalized spacial score (nSPS) is 11.6. The lowest BCUT2D eigenvalue weighted by atomic mass is 10.1. The minimum absolute atomic E-state index is 0.0903. The highest BCUT2D eigenvalue weighted by Crippen LogP contribution is 2.05. The lowest BCUT2D eigenvalue weighted by molar-refractivity contribution is 0.430. The molecule has 0 saturated carbocycles. The van der Waals surface area contributed by atoms with Crippen molar-refractivity contribution in [1.29, 1.82) is 0 Å². The van der Waals surface area contributed by atoms with Crippen LogP contribution in [0.5, 0.6) is 0 Å². The number of hydrogen-bond donors (Lipinski definition) is 2. The number of rotatable bonds is 5. The number of aryl methyl sites for hydroxylation is 1. The van der Waals surface area contributed by atoms with Gasteiger partial charge in [-0.2, -0.15) is 0 Å². The van der Waals surface area contributed by atoms with Crippen LogP contribution in [0.15, 0.2) is 10.9 Å². The maximum absolute atomic E-state index is 11.5. The van der Waals surface area contributed by atoms with Crippen molar-refractivity contribution in [3.63, 3.8) is 0 Å². The molecular formula is C13H24N4O. The summed E-state index contributed by atoms with van der Waals surface area (Å²) in [6, 6.07) is 1.54. The maximum atomic E-state index is 11.5. The van der Waals surface area contributed by atoms with Crippen molar-refractivity contribution in [2.45, 2.75) is 39.7 Å². The summed E-state index contributed by atoms with van der Waals surface area (Å²) in [7, 11) is 1.95. The molecule has 0 amide bonds. The van der Waals surface area contributed by atoms with Gasteiger partial charge in [0.1, 0.15) is 11.6 Å². The van der Waals surface area contributed by atoms with E-state index >= 15 is 0 Å². The van der Waals surface area contributed by atoms with E-state index in [1.165, 1.54) is 6.07 Å². The smallest absolute Gasteiger partial charge is 0.252 e. The predicted molar refractivity (Wildman–Crippen MR) is 75.3 cm³/mol. The molecule has 0 saturated heterocycles. The third-order valence-corrected chi connectivity index (χ3v) is 2.61. The molecule has 5 heteroatoms. The van der Waals surface area contributed by atoms with Crippen molar-refractivity contribution < 1.29 is 0 Å². The summed E-state index contributed by atoms with van der Waals surface area (Å²) >= 11 is 0. The van der Waals surface area contributed by atoms with Crippen LogP contribution in [-0.4, -0.2) is 35.6 Å². The summed E-state index contributed by atoms with van der Waals surface area (Å²) in [6.07, 6.45) is 0.733. The number of hydrogen-bond acceptors (Lipinski definition) is 4. The fourth-order valence-corrected chi connectivity index (χ4v) is 1.57. The van der Waals surface area contributed by atoms with Gasteiger partial charge < -0.3 is 15.2 Å². The highest BCUT2D eigenvalue weighted by atomic mass is 16.1. The second kappa shape index (κ2) is 6.00. The number of likely N-dealkylation sites (N-methyl/N-ethyl adjacent to an activating group) is 1. The summed E-state index contributed by atoms with van der Waals surface area (Å²) in [5.74, 6) is 1.46. The van der Waals surface area contributed by atoms with E-state index in [2.05, 4.69) is 36.1 Å². The van der Waals surface area contributed by atoms with Crippen LogP contribution in [0.25, 0.3) is 0 Å². The molecule has 18 heavy (non-hydrogen) atoms. The monoisotopic (exact) mass is 252 g/mol. The van der Waals surface area contributed by atoms with Crippen molar-refractivity contribution >= 4 is 5.82 Å². The van der Waals surface area contributed by atoms with Crippen molar-refractivity contribution in [1.82, 2.24) is 15.3 Å². The van der Waals surface area contributed by atoms with E-state index in [9.17, 15) is 4.79 Å². The number of aromatic amines is 1. The molecule has 5 nitrogen and oxygen atoms in total. The average Bonchev–Trinajstić information content (AvgIpc) is 2.26. The van der Waals surface area contributed by atoms with Crippen LogP contribution in [-0.2, 0) is 6.42 Å². The molecule has 0 atom stereocenters. The highest BCUT2D eigenvalue weighted by molar-refractivity contribution is 5.36. The predicted octanol–water partition coefficient (Wildman–Crippen LogP) is 1.16. The molecule has 1 heterocycles. The molecule has 0 radical (unpaired) electrons. The molecule has 0 aromatic carbocycles. The van der Waals surface area contributed by atoms with Gasteiger partial charge in [0, 0.05) is 38.2 Å². The van der Waals surface area contributed by atoms with E-state index in [-0.39, 0.29) is 11.1 Å². The fraction of sp³-hybridized carbons (Fsp3) is 0.692.